The number of aryl methyl sites for hydroxylation is 2. The van der Waals surface area contributed by atoms with Crippen molar-refractivity contribution in [3.05, 3.63) is 88.4 Å². The van der Waals surface area contributed by atoms with Crippen LogP contribution in [0.3, 0.4) is 0 Å². The molecule has 2 aliphatic rings. The smallest absolute Gasteiger partial charge is 0.254 e. The van der Waals surface area contributed by atoms with Gasteiger partial charge in [-0.25, -0.2) is 4.98 Å². The largest absolute Gasteiger partial charge is 0.383 e. The van der Waals surface area contributed by atoms with Crippen molar-refractivity contribution in [1.29, 1.82) is 0 Å². The Bertz CT molecular complexity index is 1560. The number of carbonyl (C=O) groups is 2. The van der Waals surface area contributed by atoms with Crippen LogP contribution < -0.4 is 11.1 Å². The van der Waals surface area contributed by atoms with Crippen molar-refractivity contribution < 1.29 is 9.59 Å². The minimum atomic E-state index is -0.314. The van der Waals surface area contributed by atoms with Gasteiger partial charge in [-0.3, -0.25) is 14.3 Å². The highest BCUT2D eigenvalue weighted by molar-refractivity contribution is 5.96. The molecular formula is C31H34N6O2. The molecule has 2 aromatic carbocycles. The van der Waals surface area contributed by atoms with E-state index in [4.69, 9.17) is 5.73 Å². The van der Waals surface area contributed by atoms with Gasteiger partial charge in [0.15, 0.2) is 0 Å². The number of nitrogens with zero attached hydrogens (tertiary/aromatic N) is 4. The van der Waals surface area contributed by atoms with E-state index in [1.807, 2.05) is 30.9 Å². The molecule has 0 spiro atoms. The summed E-state index contributed by atoms with van der Waals surface area (Å²) in [5.74, 6) is 0.644. The van der Waals surface area contributed by atoms with E-state index >= 15 is 0 Å². The first-order valence-corrected chi connectivity index (χ1v) is 13.7. The molecule has 0 radical (unpaired) electrons. The summed E-state index contributed by atoms with van der Waals surface area (Å²) in [5, 5.41) is 9.43. The first-order valence-electron chi connectivity index (χ1n) is 13.7. The number of amides is 2. The van der Waals surface area contributed by atoms with Crippen molar-refractivity contribution in [3.63, 3.8) is 0 Å². The summed E-state index contributed by atoms with van der Waals surface area (Å²) in [7, 11) is 0. The maximum atomic E-state index is 13.1. The third-order valence-corrected chi connectivity index (χ3v) is 8.44. The Morgan fingerprint density at radius 1 is 1.05 bits per heavy atom. The molecule has 2 amide bonds. The van der Waals surface area contributed by atoms with E-state index in [1.54, 1.807) is 23.3 Å². The number of hydrogen-bond donors (Lipinski definition) is 2. The summed E-state index contributed by atoms with van der Waals surface area (Å²) >= 11 is 0. The number of hydrogen-bond acceptors (Lipinski definition) is 5. The molecule has 2 fully saturated rings. The van der Waals surface area contributed by atoms with Crippen LogP contribution in [0.1, 0.15) is 63.9 Å². The molecule has 2 aromatic heterocycles. The number of anilines is 1. The van der Waals surface area contributed by atoms with Crippen LogP contribution in [-0.4, -0.2) is 44.6 Å². The zero-order valence-corrected chi connectivity index (χ0v) is 22.5. The van der Waals surface area contributed by atoms with Crippen molar-refractivity contribution in [2.75, 3.05) is 18.8 Å². The van der Waals surface area contributed by atoms with Gasteiger partial charge in [-0.15, -0.1) is 0 Å². The number of pyridine rings is 1. The van der Waals surface area contributed by atoms with E-state index in [-0.39, 0.29) is 11.3 Å². The van der Waals surface area contributed by atoms with Gasteiger partial charge in [0.1, 0.15) is 5.82 Å². The fourth-order valence-corrected chi connectivity index (χ4v) is 5.93. The van der Waals surface area contributed by atoms with Crippen LogP contribution in [0, 0.1) is 13.8 Å². The van der Waals surface area contributed by atoms with E-state index < -0.39 is 0 Å². The molecule has 8 nitrogen and oxygen atoms in total. The quantitative estimate of drug-likeness (QED) is 0.377. The summed E-state index contributed by atoms with van der Waals surface area (Å²) in [6.07, 6.45) is 9.18. The van der Waals surface area contributed by atoms with Crippen molar-refractivity contribution in [2.45, 2.75) is 58.0 Å². The molecular weight excluding hydrogens is 488 g/mol. The SMILES string of the molecule is Cc1cc2c(N)nccc2c(C)c1CNC(=O)c1cnn(Cc2ccc(C3(C(=O)N4CCCC4)CC3)cc2)c1. The van der Waals surface area contributed by atoms with E-state index in [2.05, 4.69) is 39.7 Å². The minimum absolute atomic E-state index is 0.166. The molecule has 0 unspecified atom stereocenters. The standard InChI is InChI=1S/C31H34N6O2/c1-20-15-26-25(9-12-33-28(26)32)21(2)27(20)17-34-29(38)23-16-35-37(19-23)18-22-5-7-24(8-6-22)31(10-11-31)30(39)36-13-3-4-14-36/h5-9,12,15-16,19H,3-4,10-11,13-14,17-18H2,1-2H3,(H2,32,33)(H,34,38). The Labute approximate surface area is 228 Å². The van der Waals surface area contributed by atoms with Gasteiger partial charge in [-0.1, -0.05) is 24.3 Å². The third-order valence-electron chi connectivity index (χ3n) is 8.44. The summed E-state index contributed by atoms with van der Waals surface area (Å²) in [6.45, 7) is 6.83. The van der Waals surface area contributed by atoms with Crippen LogP contribution in [-0.2, 0) is 23.3 Å². The predicted molar refractivity (Wildman–Crippen MR) is 151 cm³/mol. The number of nitrogens with one attached hydrogen (secondary N) is 1. The second-order valence-electron chi connectivity index (χ2n) is 11.0. The van der Waals surface area contributed by atoms with Crippen molar-refractivity contribution in [2.24, 2.45) is 0 Å². The van der Waals surface area contributed by atoms with Crippen LogP contribution in [0.4, 0.5) is 5.82 Å². The lowest BCUT2D eigenvalue weighted by Gasteiger charge is -2.23. The van der Waals surface area contributed by atoms with Crippen molar-refractivity contribution in [1.82, 2.24) is 25.0 Å². The fourth-order valence-electron chi connectivity index (χ4n) is 5.93. The molecule has 4 aromatic rings. The van der Waals surface area contributed by atoms with E-state index in [1.165, 1.54) is 0 Å². The number of carbonyl (C=O) groups excluding carboxylic acids is 2. The molecule has 0 atom stereocenters. The number of fused-ring (bicyclic) bond motifs is 1. The van der Waals surface area contributed by atoms with Gasteiger partial charge in [-0.2, -0.15) is 5.10 Å². The number of nitrogen functional groups attached to an aromatic ring is 1. The Balaban J connectivity index is 1.10. The van der Waals surface area contributed by atoms with Crippen LogP contribution in [0.5, 0.6) is 0 Å². The van der Waals surface area contributed by atoms with Gasteiger partial charge >= 0.3 is 0 Å². The van der Waals surface area contributed by atoms with Gasteiger partial charge in [0.25, 0.3) is 5.91 Å². The molecule has 1 saturated heterocycles. The van der Waals surface area contributed by atoms with Gasteiger partial charge in [0, 0.05) is 37.4 Å². The minimum Gasteiger partial charge on any atom is -0.383 e. The first-order chi connectivity index (χ1) is 18.9. The molecule has 0 bridgehead atoms. The molecule has 1 aliphatic heterocycles. The van der Waals surface area contributed by atoms with Crippen LogP contribution >= 0.6 is 0 Å². The van der Waals surface area contributed by atoms with E-state index in [0.717, 1.165) is 77.4 Å². The predicted octanol–water partition coefficient (Wildman–Crippen LogP) is 4.26. The van der Waals surface area contributed by atoms with Crippen LogP contribution in [0.25, 0.3) is 10.8 Å². The van der Waals surface area contributed by atoms with Gasteiger partial charge in [0.2, 0.25) is 5.91 Å². The third kappa shape index (κ3) is 4.64. The van der Waals surface area contributed by atoms with Crippen molar-refractivity contribution >= 4 is 28.4 Å². The summed E-state index contributed by atoms with van der Waals surface area (Å²) in [6, 6.07) is 12.3. The molecule has 6 rings (SSSR count). The molecule has 8 heteroatoms. The monoisotopic (exact) mass is 522 g/mol. The zero-order valence-electron chi connectivity index (χ0n) is 22.5. The van der Waals surface area contributed by atoms with Gasteiger partial charge in [0.05, 0.1) is 23.7 Å². The second-order valence-corrected chi connectivity index (χ2v) is 11.0. The zero-order chi connectivity index (χ0) is 27.1. The van der Waals surface area contributed by atoms with Crippen LogP contribution in [0.2, 0.25) is 0 Å². The number of benzene rings is 2. The lowest BCUT2D eigenvalue weighted by molar-refractivity contribution is -0.132. The molecule has 1 saturated carbocycles. The van der Waals surface area contributed by atoms with Gasteiger partial charge < -0.3 is 16.0 Å². The highest BCUT2D eigenvalue weighted by Gasteiger charge is 2.53. The highest BCUT2D eigenvalue weighted by atomic mass is 16.2. The highest BCUT2D eigenvalue weighted by Crippen LogP contribution is 2.50. The summed E-state index contributed by atoms with van der Waals surface area (Å²) in [5.41, 5.74) is 11.7. The molecule has 200 valence electrons. The maximum absolute atomic E-state index is 13.1. The lowest BCUT2D eigenvalue weighted by Crippen LogP contribution is -2.37. The topological polar surface area (TPSA) is 106 Å². The number of likely N-dealkylation sites (tertiary alicyclic amines) is 1. The van der Waals surface area contributed by atoms with Gasteiger partial charge in [-0.05, 0) is 84.9 Å². The normalized spacial score (nSPS) is 16.0. The molecule has 1 aliphatic carbocycles. The van der Waals surface area contributed by atoms with E-state index in [9.17, 15) is 9.59 Å². The average molecular weight is 523 g/mol. The maximum Gasteiger partial charge on any atom is 0.254 e. The molecule has 3 heterocycles. The lowest BCUT2D eigenvalue weighted by atomic mass is 9.93. The van der Waals surface area contributed by atoms with Crippen LogP contribution in [0.15, 0.2) is 55.0 Å². The van der Waals surface area contributed by atoms with E-state index in [0.29, 0.717) is 30.4 Å². The molecule has 39 heavy (non-hydrogen) atoms. The Hall–Kier alpha value is -4.20. The Morgan fingerprint density at radius 3 is 2.51 bits per heavy atom. The Morgan fingerprint density at radius 2 is 1.79 bits per heavy atom. The molecule has 3 N–H and O–H groups in total. The summed E-state index contributed by atoms with van der Waals surface area (Å²) in [4.78, 5) is 32.2. The average Bonchev–Trinajstić information content (AvgIpc) is 3.31. The Kier molecular flexibility index (Phi) is 6.33. The number of nitrogens with two attached hydrogens (primary N) is 1. The fraction of sp³-hybridized carbons (Fsp3) is 0.355. The van der Waals surface area contributed by atoms with Crippen molar-refractivity contribution in [3.8, 4) is 0 Å². The summed E-state index contributed by atoms with van der Waals surface area (Å²) < 4.78 is 1.77. The first kappa shape index (κ1) is 25.1. The second kappa shape index (κ2) is 9.84. The number of rotatable bonds is 7. The number of aromatic nitrogens is 3.